The first kappa shape index (κ1) is 16.2. The SMILES string of the molecule is C.CCCC=CCCCCCCCC. The average molecular weight is 198 g/mol. The lowest BCUT2D eigenvalue weighted by Crippen LogP contribution is -1.77. The molecule has 0 unspecified atom stereocenters. The Bertz CT molecular complexity index is 103. The van der Waals surface area contributed by atoms with Gasteiger partial charge in [-0.25, -0.2) is 0 Å². The van der Waals surface area contributed by atoms with Crippen molar-refractivity contribution in [3.63, 3.8) is 0 Å². The standard InChI is InChI=1S/C13H26.CH4/c1-3-5-7-9-11-13-12-10-8-6-4-2;/h7,9H,3-6,8,10-13H2,1-2H3;1H4. The van der Waals surface area contributed by atoms with Crippen molar-refractivity contribution in [2.75, 3.05) is 0 Å². The zero-order valence-electron chi connectivity index (χ0n) is 9.52. The molecular weight excluding hydrogens is 168 g/mol. The average Bonchev–Trinajstić information content (AvgIpc) is 2.16. The van der Waals surface area contributed by atoms with Crippen LogP contribution in [0.4, 0.5) is 0 Å². The highest BCUT2D eigenvalue weighted by molar-refractivity contribution is 4.80. The van der Waals surface area contributed by atoms with Crippen LogP contribution in [0.5, 0.6) is 0 Å². The van der Waals surface area contributed by atoms with Crippen LogP contribution in [-0.2, 0) is 0 Å². The Morgan fingerprint density at radius 3 is 1.86 bits per heavy atom. The van der Waals surface area contributed by atoms with Gasteiger partial charge in [0.1, 0.15) is 0 Å². The first-order chi connectivity index (χ1) is 6.41. The predicted molar refractivity (Wildman–Crippen MR) is 68.8 cm³/mol. The van der Waals surface area contributed by atoms with Crippen LogP contribution >= 0.6 is 0 Å². The topological polar surface area (TPSA) is 0 Å². The fraction of sp³-hybridized carbons (Fsp3) is 0.857. The Labute approximate surface area is 91.8 Å². The maximum atomic E-state index is 2.35. The number of rotatable bonds is 9. The maximum absolute atomic E-state index is 2.35. The molecule has 0 amide bonds. The fourth-order valence-electron chi connectivity index (χ4n) is 1.44. The molecule has 86 valence electrons. The summed E-state index contributed by atoms with van der Waals surface area (Å²) in [7, 11) is 0. The Kier molecular flexibility index (Phi) is 17.6. The summed E-state index contributed by atoms with van der Waals surface area (Å²) in [5.74, 6) is 0. The molecular formula is C14H30. The van der Waals surface area contributed by atoms with Crippen LogP contribution in [0.25, 0.3) is 0 Å². The molecule has 0 aromatic carbocycles. The lowest BCUT2D eigenvalue weighted by Gasteiger charge is -1.97. The summed E-state index contributed by atoms with van der Waals surface area (Å²) in [6, 6.07) is 0. The van der Waals surface area contributed by atoms with Crippen molar-refractivity contribution in [3.05, 3.63) is 12.2 Å². The van der Waals surface area contributed by atoms with Gasteiger partial charge in [0.2, 0.25) is 0 Å². The van der Waals surface area contributed by atoms with Crippen molar-refractivity contribution in [3.8, 4) is 0 Å². The minimum absolute atomic E-state index is 0. The third-order valence-corrected chi connectivity index (χ3v) is 2.35. The van der Waals surface area contributed by atoms with E-state index in [1.807, 2.05) is 0 Å². The third kappa shape index (κ3) is 14.3. The first-order valence-corrected chi connectivity index (χ1v) is 6.06. The molecule has 14 heavy (non-hydrogen) atoms. The molecule has 0 atom stereocenters. The summed E-state index contributed by atoms with van der Waals surface area (Å²) in [4.78, 5) is 0. The number of allylic oxidation sites excluding steroid dienone is 2. The molecule has 0 heteroatoms. The summed E-state index contributed by atoms with van der Waals surface area (Å²) in [6.45, 7) is 4.50. The van der Waals surface area contributed by atoms with Gasteiger partial charge >= 0.3 is 0 Å². The summed E-state index contributed by atoms with van der Waals surface area (Å²) < 4.78 is 0. The molecule has 0 rings (SSSR count). The van der Waals surface area contributed by atoms with Crippen molar-refractivity contribution in [2.45, 2.75) is 79.1 Å². The van der Waals surface area contributed by atoms with Gasteiger partial charge < -0.3 is 0 Å². The molecule has 0 aromatic heterocycles. The van der Waals surface area contributed by atoms with E-state index in [9.17, 15) is 0 Å². The Balaban J connectivity index is 0. The Morgan fingerprint density at radius 2 is 1.21 bits per heavy atom. The molecule has 0 saturated heterocycles. The molecule has 0 aliphatic carbocycles. The fourth-order valence-corrected chi connectivity index (χ4v) is 1.44. The highest BCUT2D eigenvalue weighted by Gasteiger charge is 1.87. The van der Waals surface area contributed by atoms with Crippen molar-refractivity contribution in [1.29, 1.82) is 0 Å². The predicted octanol–water partition coefficient (Wildman–Crippen LogP) is 5.73. The van der Waals surface area contributed by atoms with Gasteiger partial charge in [0.05, 0.1) is 0 Å². The molecule has 0 N–H and O–H groups in total. The second-order valence-electron chi connectivity index (χ2n) is 3.82. The molecule has 0 aromatic rings. The van der Waals surface area contributed by atoms with E-state index in [1.54, 1.807) is 0 Å². The largest absolute Gasteiger partial charge is 0.0885 e. The smallest absolute Gasteiger partial charge is 0.0351 e. The summed E-state index contributed by atoms with van der Waals surface area (Å²) in [5.41, 5.74) is 0. The third-order valence-electron chi connectivity index (χ3n) is 2.35. The molecule has 0 fully saturated rings. The van der Waals surface area contributed by atoms with Gasteiger partial charge in [0.25, 0.3) is 0 Å². The highest BCUT2D eigenvalue weighted by Crippen LogP contribution is 2.07. The zero-order valence-corrected chi connectivity index (χ0v) is 9.52. The van der Waals surface area contributed by atoms with E-state index in [2.05, 4.69) is 26.0 Å². The van der Waals surface area contributed by atoms with Crippen molar-refractivity contribution >= 4 is 0 Å². The zero-order chi connectivity index (χ0) is 9.78. The maximum Gasteiger partial charge on any atom is -0.0351 e. The molecule has 0 radical (unpaired) electrons. The Morgan fingerprint density at radius 1 is 0.643 bits per heavy atom. The van der Waals surface area contributed by atoms with E-state index in [-0.39, 0.29) is 7.43 Å². The lowest BCUT2D eigenvalue weighted by atomic mass is 10.1. The van der Waals surface area contributed by atoms with Gasteiger partial charge in [0, 0.05) is 0 Å². The Hall–Kier alpha value is -0.260. The second-order valence-corrected chi connectivity index (χ2v) is 3.82. The monoisotopic (exact) mass is 198 g/mol. The minimum Gasteiger partial charge on any atom is -0.0885 e. The van der Waals surface area contributed by atoms with Gasteiger partial charge in [-0.2, -0.15) is 0 Å². The van der Waals surface area contributed by atoms with Gasteiger partial charge in [0.15, 0.2) is 0 Å². The summed E-state index contributed by atoms with van der Waals surface area (Å²) in [6.07, 6.45) is 17.0. The van der Waals surface area contributed by atoms with E-state index >= 15 is 0 Å². The van der Waals surface area contributed by atoms with Gasteiger partial charge in [-0.3, -0.25) is 0 Å². The molecule has 0 aliphatic rings. The van der Waals surface area contributed by atoms with E-state index in [4.69, 9.17) is 0 Å². The van der Waals surface area contributed by atoms with Gasteiger partial charge in [-0.15, -0.1) is 0 Å². The first-order valence-electron chi connectivity index (χ1n) is 6.06. The van der Waals surface area contributed by atoms with Crippen LogP contribution in [-0.4, -0.2) is 0 Å². The van der Waals surface area contributed by atoms with Crippen LogP contribution in [0.1, 0.15) is 79.1 Å². The molecule has 0 heterocycles. The summed E-state index contributed by atoms with van der Waals surface area (Å²) in [5, 5.41) is 0. The normalized spacial score (nSPS) is 10.4. The molecule has 0 saturated carbocycles. The van der Waals surface area contributed by atoms with Gasteiger partial charge in [-0.1, -0.05) is 72.0 Å². The summed E-state index contributed by atoms with van der Waals surface area (Å²) >= 11 is 0. The van der Waals surface area contributed by atoms with Crippen LogP contribution in [0.3, 0.4) is 0 Å². The molecule has 0 nitrogen and oxygen atoms in total. The number of unbranched alkanes of at least 4 members (excludes halogenated alkanes) is 7. The van der Waals surface area contributed by atoms with Crippen LogP contribution < -0.4 is 0 Å². The molecule has 0 spiro atoms. The van der Waals surface area contributed by atoms with Crippen molar-refractivity contribution < 1.29 is 0 Å². The van der Waals surface area contributed by atoms with Crippen molar-refractivity contribution in [2.24, 2.45) is 0 Å². The van der Waals surface area contributed by atoms with E-state index < -0.39 is 0 Å². The molecule has 0 aliphatic heterocycles. The quantitative estimate of drug-likeness (QED) is 0.328. The second kappa shape index (κ2) is 15.2. The van der Waals surface area contributed by atoms with Crippen LogP contribution in [0.2, 0.25) is 0 Å². The molecule has 0 bridgehead atoms. The van der Waals surface area contributed by atoms with E-state index in [0.717, 1.165) is 0 Å². The van der Waals surface area contributed by atoms with E-state index in [0.29, 0.717) is 0 Å². The number of hydrogen-bond donors (Lipinski definition) is 0. The van der Waals surface area contributed by atoms with E-state index in [1.165, 1.54) is 57.8 Å². The minimum atomic E-state index is 0. The van der Waals surface area contributed by atoms with Gasteiger partial charge in [-0.05, 0) is 19.3 Å². The highest BCUT2D eigenvalue weighted by atomic mass is 13.9. The van der Waals surface area contributed by atoms with Crippen LogP contribution in [0.15, 0.2) is 12.2 Å². The van der Waals surface area contributed by atoms with Crippen LogP contribution in [0, 0.1) is 0 Å². The van der Waals surface area contributed by atoms with Crippen molar-refractivity contribution in [1.82, 2.24) is 0 Å². The number of hydrogen-bond acceptors (Lipinski definition) is 0. The lowest BCUT2D eigenvalue weighted by molar-refractivity contribution is 0.611.